The van der Waals surface area contributed by atoms with Crippen molar-refractivity contribution in [3.05, 3.63) is 34.1 Å². The van der Waals surface area contributed by atoms with E-state index in [9.17, 15) is 4.79 Å². The zero-order valence-corrected chi connectivity index (χ0v) is 9.82. The highest BCUT2D eigenvalue weighted by Crippen LogP contribution is 2.16. The van der Waals surface area contributed by atoms with Crippen LogP contribution >= 0.6 is 0 Å². The maximum Gasteiger partial charge on any atom is 0.274 e. The number of hydrogen-bond donors (Lipinski definition) is 2. The van der Waals surface area contributed by atoms with Gasteiger partial charge in [0.05, 0.1) is 10.9 Å². The summed E-state index contributed by atoms with van der Waals surface area (Å²) in [7, 11) is 0. The average Bonchev–Trinajstić information content (AvgIpc) is 2.56. The summed E-state index contributed by atoms with van der Waals surface area (Å²) in [6.07, 6.45) is 0. The van der Waals surface area contributed by atoms with Crippen LogP contribution in [0.3, 0.4) is 0 Å². The van der Waals surface area contributed by atoms with E-state index < -0.39 is 0 Å². The third-order valence-corrected chi connectivity index (χ3v) is 2.78. The van der Waals surface area contributed by atoms with Crippen LogP contribution in [0.25, 0.3) is 10.9 Å². The molecule has 0 aliphatic rings. The van der Waals surface area contributed by atoms with Crippen molar-refractivity contribution in [2.75, 3.05) is 0 Å². The SMILES string of the molecule is CC(N)c1ccc2[nH]n(C(C)C)c(=O)c2c1. The predicted molar refractivity (Wildman–Crippen MR) is 65.5 cm³/mol. The van der Waals surface area contributed by atoms with Gasteiger partial charge in [0, 0.05) is 12.1 Å². The van der Waals surface area contributed by atoms with Crippen LogP contribution in [0.15, 0.2) is 23.0 Å². The van der Waals surface area contributed by atoms with Gasteiger partial charge in [0.1, 0.15) is 0 Å². The molecule has 2 rings (SSSR count). The fraction of sp³-hybridized carbons (Fsp3) is 0.417. The fourth-order valence-electron chi connectivity index (χ4n) is 1.79. The second-order valence-corrected chi connectivity index (χ2v) is 4.47. The number of fused-ring (bicyclic) bond motifs is 1. The van der Waals surface area contributed by atoms with E-state index in [2.05, 4.69) is 5.10 Å². The number of aromatic amines is 1. The van der Waals surface area contributed by atoms with Crippen molar-refractivity contribution in [3.8, 4) is 0 Å². The molecule has 0 aliphatic heterocycles. The van der Waals surface area contributed by atoms with Gasteiger partial charge in [0.15, 0.2) is 0 Å². The smallest absolute Gasteiger partial charge is 0.274 e. The van der Waals surface area contributed by atoms with Gasteiger partial charge in [0.2, 0.25) is 0 Å². The summed E-state index contributed by atoms with van der Waals surface area (Å²) in [4.78, 5) is 12.0. The van der Waals surface area contributed by atoms with Crippen molar-refractivity contribution in [3.63, 3.8) is 0 Å². The molecule has 0 bridgehead atoms. The minimum atomic E-state index is -0.0498. The minimum absolute atomic E-state index is 0.0208. The van der Waals surface area contributed by atoms with Crippen molar-refractivity contribution in [2.45, 2.75) is 32.9 Å². The van der Waals surface area contributed by atoms with Crippen LogP contribution < -0.4 is 11.3 Å². The molecule has 0 saturated carbocycles. The van der Waals surface area contributed by atoms with E-state index in [-0.39, 0.29) is 17.6 Å². The van der Waals surface area contributed by atoms with E-state index in [1.54, 1.807) is 4.68 Å². The number of benzene rings is 1. The summed E-state index contributed by atoms with van der Waals surface area (Å²) in [6.45, 7) is 5.86. The van der Waals surface area contributed by atoms with Crippen LogP contribution in [0.2, 0.25) is 0 Å². The quantitative estimate of drug-likeness (QED) is 0.810. The highest BCUT2D eigenvalue weighted by molar-refractivity contribution is 5.78. The molecule has 0 aliphatic carbocycles. The van der Waals surface area contributed by atoms with Gasteiger partial charge >= 0.3 is 0 Å². The molecule has 4 nitrogen and oxygen atoms in total. The zero-order valence-electron chi connectivity index (χ0n) is 9.82. The number of nitrogens with one attached hydrogen (secondary N) is 1. The topological polar surface area (TPSA) is 63.8 Å². The molecule has 0 spiro atoms. The lowest BCUT2D eigenvalue weighted by Crippen LogP contribution is -2.18. The minimum Gasteiger partial charge on any atom is -0.324 e. The third-order valence-electron chi connectivity index (χ3n) is 2.78. The molecule has 3 N–H and O–H groups in total. The fourth-order valence-corrected chi connectivity index (χ4v) is 1.79. The van der Waals surface area contributed by atoms with Gasteiger partial charge in [-0.05, 0) is 38.5 Å². The molecule has 1 unspecified atom stereocenters. The molecular weight excluding hydrogens is 202 g/mol. The Kier molecular flexibility index (Phi) is 2.59. The highest BCUT2D eigenvalue weighted by atomic mass is 16.1. The van der Waals surface area contributed by atoms with Gasteiger partial charge < -0.3 is 5.73 Å². The maximum absolute atomic E-state index is 12.0. The standard InChI is InChI=1S/C12H17N3O/c1-7(2)15-12(16)10-6-9(8(3)13)4-5-11(10)14-15/h4-8,14H,13H2,1-3H3. The van der Waals surface area contributed by atoms with Gasteiger partial charge in [-0.1, -0.05) is 6.07 Å². The van der Waals surface area contributed by atoms with Gasteiger partial charge in [0.25, 0.3) is 5.56 Å². The molecule has 86 valence electrons. The van der Waals surface area contributed by atoms with Crippen LogP contribution in [0.4, 0.5) is 0 Å². The first-order valence-electron chi connectivity index (χ1n) is 5.50. The first-order valence-corrected chi connectivity index (χ1v) is 5.50. The van der Waals surface area contributed by atoms with Crippen LogP contribution in [0.5, 0.6) is 0 Å². The Morgan fingerprint density at radius 3 is 2.56 bits per heavy atom. The van der Waals surface area contributed by atoms with Crippen molar-refractivity contribution < 1.29 is 0 Å². The lowest BCUT2D eigenvalue weighted by molar-refractivity contribution is 0.522. The zero-order chi connectivity index (χ0) is 11.9. The lowest BCUT2D eigenvalue weighted by Gasteiger charge is -2.03. The molecule has 0 amide bonds. The third kappa shape index (κ3) is 1.65. The van der Waals surface area contributed by atoms with Gasteiger partial charge in [-0.2, -0.15) is 0 Å². The molecule has 0 fully saturated rings. The Bertz CT molecular complexity index is 563. The summed E-state index contributed by atoms with van der Waals surface area (Å²) in [5, 5.41) is 3.80. The van der Waals surface area contributed by atoms with Crippen molar-refractivity contribution in [2.24, 2.45) is 5.73 Å². The van der Waals surface area contributed by atoms with Crippen LogP contribution in [-0.2, 0) is 0 Å². The Morgan fingerprint density at radius 2 is 2.00 bits per heavy atom. The predicted octanol–water partition coefficient (Wildman–Crippen LogP) is 1.93. The Morgan fingerprint density at radius 1 is 1.31 bits per heavy atom. The van der Waals surface area contributed by atoms with Crippen LogP contribution in [-0.4, -0.2) is 9.78 Å². The van der Waals surface area contributed by atoms with Gasteiger partial charge in [-0.15, -0.1) is 0 Å². The molecular formula is C12H17N3O. The Hall–Kier alpha value is -1.55. The number of nitrogens with zero attached hydrogens (tertiary/aromatic N) is 1. The summed E-state index contributed by atoms with van der Waals surface area (Å²) >= 11 is 0. The van der Waals surface area contributed by atoms with E-state index in [0.717, 1.165) is 11.1 Å². The molecule has 1 aromatic heterocycles. The van der Waals surface area contributed by atoms with Crippen LogP contribution in [0.1, 0.15) is 38.4 Å². The normalized spacial score (nSPS) is 13.6. The second-order valence-electron chi connectivity index (χ2n) is 4.47. The number of nitrogens with two attached hydrogens (primary N) is 1. The molecule has 2 aromatic rings. The molecule has 1 aromatic carbocycles. The molecule has 16 heavy (non-hydrogen) atoms. The largest absolute Gasteiger partial charge is 0.324 e. The molecule has 0 saturated heterocycles. The second kappa shape index (κ2) is 3.79. The highest BCUT2D eigenvalue weighted by Gasteiger charge is 2.10. The van der Waals surface area contributed by atoms with E-state index in [1.165, 1.54) is 0 Å². The van der Waals surface area contributed by atoms with E-state index in [0.29, 0.717) is 5.39 Å². The first kappa shape index (κ1) is 11.0. The average molecular weight is 219 g/mol. The van der Waals surface area contributed by atoms with E-state index in [4.69, 9.17) is 5.73 Å². The number of rotatable bonds is 2. The Labute approximate surface area is 94.0 Å². The monoisotopic (exact) mass is 219 g/mol. The molecule has 1 heterocycles. The van der Waals surface area contributed by atoms with Crippen molar-refractivity contribution >= 4 is 10.9 Å². The number of hydrogen-bond acceptors (Lipinski definition) is 2. The first-order chi connectivity index (χ1) is 7.50. The summed E-state index contributed by atoms with van der Waals surface area (Å²) < 4.78 is 1.63. The summed E-state index contributed by atoms with van der Waals surface area (Å²) in [6, 6.07) is 5.82. The summed E-state index contributed by atoms with van der Waals surface area (Å²) in [5.74, 6) is 0. The van der Waals surface area contributed by atoms with Crippen LogP contribution in [0, 0.1) is 0 Å². The number of H-pyrrole nitrogens is 1. The van der Waals surface area contributed by atoms with Crippen molar-refractivity contribution in [1.29, 1.82) is 0 Å². The molecule has 0 radical (unpaired) electrons. The van der Waals surface area contributed by atoms with Crippen molar-refractivity contribution in [1.82, 2.24) is 9.78 Å². The molecule has 4 heteroatoms. The van der Waals surface area contributed by atoms with Gasteiger partial charge in [-0.3, -0.25) is 9.89 Å². The van der Waals surface area contributed by atoms with E-state index in [1.807, 2.05) is 39.0 Å². The van der Waals surface area contributed by atoms with E-state index >= 15 is 0 Å². The number of aromatic nitrogens is 2. The Balaban J connectivity index is 2.69. The lowest BCUT2D eigenvalue weighted by atomic mass is 10.1. The summed E-state index contributed by atoms with van der Waals surface area (Å²) in [5.41, 5.74) is 7.67. The maximum atomic E-state index is 12.0. The van der Waals surface area contributed by atoms with Gasteiger partial charge in [-0.25, -0.2) is 4.68 Å². The molecule has 1 atom stereocenters.